The highest BCUT2D eigenvalue weighted by molar-refractivity contribution is 7.99. The molecule has 0 amide bonds. The number of aromatic nitrogens is 1. The molecule has 26 heavy (non-hydrogen) atoms. The highest BCUT2D eigenvalue weighted by Crippen LogP contribution is 2.49. The first-order valence-corrected chi connectivity index (χ1v) is 10.4. The fourth-order valence-electron chi connectivity index (χ4n) is 3.60. The Kier molecular flexibility index (Phi) is 5.41. The molecule has 0 atom stereocenters. The number of nitrogens with zero attached hydrogens (tertiary/aromatic N) is 4. The van der Waals surface area contributed by atoms with E-state index < -0.39 is 0 Å². The van der Waals surface area contributed by atoms with E-state index in [9.17, 15) is 0 Å². The highest BCUT2D eigenvalue weighted by Gasteiger charge is 2.26. The zero-order valence-electron chi connectivity index (χ0n) is 15.4. The lowest BCUT2D eigenvalue weighted by Gasteiger charge is -2.35. The van der Waals surface area contributed by atoms with Gasteiger partial charge in [0.25, 0.3) is 0 Å². The van der Waals surface area contributed by atoms with Crippen molar-refractivity contribution in [2.24, 2.45) is 0 Å². The lowest BCUT2D eigenvalue weighted by Crippen LogP contribution is -2.45. The van der Waals surface area contributed by atoms with Gasteiger partial charge in [-0.3, -0.25) is 0 Å². The monoisotopic (exact) mass is 388 g/mol. The van der Waals surface area contributed by atoms with Gasteiger partial charge in [0, 0.05) is 43.8 Å². The second kappa shape index (κ2) is 7.77. The molecule has 2 aliphatic heterocycles. The number of likely N-dealkylation sites (N-methyl/N-ethyl adjacent to an activating group) is 1. The molecule has 0 bridgehead atoms. The van der Waals surface area contributed by atoms with Crippen molar-refractivity contribution < 1.29 is 0 Å². The van der Waals surface area contributed by atoms with E-state index in [0.29, 0.717) is 0 Å². The van der Waals surface area contributed by atoms with Gasteiger partial charge in [-0.2, -0.15) is 0 Å². The predicted octanol–water partition coefficient (Wildman–Crippen LogP) is 4.28. The van der Waals surface area contributed by atoms with Gasteiger partial charge in [-0.05, 0) is 50.7 Å². The van der Waals surface area contributed by atoms with Crippen LogP contribution >= 0.6 is 23.4 Å². The molecule has 0 aliphatic carbocycles. The van der Waals surface area contributed by atoms with E-state index in [1.54, 1.807) is 11.8 Å². The van der Waals surface area contributed by atoms with Gasteiger partial charge in [-0.25, -0.2) is 4.98 Å². The molecule has 6 heteroatoms. The largest absolute Gasteiger partial charge is 0.324 e. The SMILES string of the molecule is Cc1ccc2c(c1)Sc1c(Cl)ccnc1N2CCCN1CCN(C)CC1. The summed E-state index contributed by atoms with van der Waals surface area (Å²) < 4.78 is 0. The van der Waals surface area contributed by atoms with Crippen LogP contribution in [-0.2, 0) is 0 Å². The predicted molar refractivity (Wildman–Crippen MR) is 110 cm³/mol. The number of rotatable bonds is 4. The minimum Gasteiger partial charge on any atom is -0.324 e. The summed E-state index contributed by atoms with van der Waals surface area (Å²) in [4.78, 5) is 14.3. The molecule has 0 unspecified atom stereocenters. The Labute approximate surface area is 165 Å². The third-order valence-electron chi connectivity index (χ3n) is 5.16. The first kappa shape index (κ1) is 18.1. The van der Waals surface area contributed by atoms with E-state index in [0.717, 1.165) is 35.2 Å². The van der Waals surface area contributed by atoms with Crippen LogP contribution in [0.25, 0.3) is 0 Å². The molecule has 138 valence electrons. The molecular formula is C20H25ClN4S. The van der Waals surface area contributed by atoms with Gasteiger partial charge >= 0.3 is 0 Å². The summed E-state index contributed by atoms with van der Waals surface area (Å²) in [5.74, 6) is 0.997. The van der Waals surface area contributed by atoms with Crippen molar-refractivity contribution >= 4 is 34.9 Å². The molecule has 1 fully saturated rings. The summed E-state index contributed by atoms with van der Waals surface area (Å²) in [5, 5.41) is 0.788. The normalized spacial score (nSPS) is 17.9. The molecule has 0 radical (unpaired) electrons. The Morgan fingerprint density at radius 2 is 1.92 bits per heavy atom. The van der Waals surface area contributed by atoms with Gasteiger partial charge in [0.15, 0.2) is 0 Å². The van der Waals surface area contributed by atoms with Crippen LogP contribution < -0.4 is 4.90 Å². The molecule has 0 spiro atoms. The fourth-order valence-corrected chi connectivity index (χ4v) is 5.03. The number of fused-ring (bicyclic) bond motifs is 2. The number of hydrogen-bond acceptors (Lipinski definition) is 5. The van der Waals surface area contributed by atoms with Crippen LogP contribution in [0.2, 0.25) is 5.02 Å². The van der Waals surface area contributed by atoms with E-state index >= 15 is 0 Å². The molecule has 4 rings (SSSR count). The highest BCUT2D eigenvalue weighted by atomic mass is 35.5. The zero-order valence-corrected chi connectivity index (χ0v) is 17.0. The summed E-state index contributed by atoms with van der Waals surface area (Å²) in [6.07, 6.45) is 2.93. The number of halogens is 1. The minimum atomic E-state index is 0.788. The lowest BCUT2D eigenvalue weighted by atomic mass is 10.2. The van der Waals surface area contributed by atoms with Gasteiger partial charge in [0.05, 0.1) is 15.6 Å². The second-order valence-corrected chi connectivity index (χ2v) is 8.63. The number of aryl methyl sites for hydroxylation is 1. The summed E-state index contributed by atoms with van der Waals surface area (Å²) >= 11 is 8.22. The van der Waals surface area contributed by atoms with Crippen molar-refractivity contribution in [1.82, 2.24) is 14.8 Å². The Morgan fingerprint density at radius 3 is 2.73 bits per heavy atom. The molecule has 0 N–H and O–H groups in total. The number of hydrogen-bond donors (Lipinski definition) is 0. The Balaban J connectivity index is 1.52. The van der Waals surface area contributed by atoms with E-state index in [-0.39, 0.29) is 0 Å². The molecule has 2 aromatic rings. The third-order valence-corrected chi connectivity index (χ3v) is 6.74. The Bertz CT molecular complexity index is 789. The summed E-state index contributed by atoms with van der Waals surface area (Å²) in [6.45, 7) is 8.91. The third kappa shape index (κ3) is 3.72. The van der Waals surface area contributed by atoms with E-state index in [4.69, 9.17) is 11.6 Å². The Hall–Kier alpha value is -1.27. The van der Waals surface area contributed by atoms with Gasteiger partial charge < -0.3 is 14.7 Å². The lowest BCUT2D eigenvalue weighted by molar-refractivity contribution is 0.153. The fraction of sp³-hybridized carbons (Fsp3) is 0.450. The van der Waals surface area contributed by atoms with Crippen LogP contribution in [0.4, 0.5) is 11.5 Å². The molecule has 1 aromatic heterocycles. The minimum absolute atomic E-state index is 0.788. The van der Waals surface area contributed by atoms with Crippen LogP contribution in [0.15, 0.2) is 40.3 Å². The average molecular weight is 389 g/mol. The maximum atomic E-state index is 6.48. The van der Waals surface area contributed by atoms with Crippen LogP contribution in [0.3, 0.4) is 0 Å². The molecule has 1 aromatic carbocycles. The molecule has 1 saturated heterocycles. The van der Waals surface area contributed by atoms with Crippen molar-refractivity contribution in [2.75, 3.05) is 51.2 Å². The first-order valence-electron chi connectivity index (χ1n) is 9.23. The number of benzene rings is 1. The quantitative estimate of drug-likeness (QED) is 0.777. The topological polar surface area (TPSA) is 22.6 Å². The molecular weight excluding hydrogens is 364 g/mol. The van der Waals surface area contributed by atoms with Crippen molar-refractivity contribution in [3.8, 4) is 0 Å². The molecule has 4 nitrogen and oxygen atoms in total. The standard InChI is InChI=1S/C20H25ClN4S/c1-15-4-5-17-18(14-15)26-19-16(21)6-7-22-20(19)25(17)9-3-8-24-12-10-23(2)11-13-24/h4-7,14H,3,8-13H2,1-2H3. The van der Waals surface area contributed by atoms with Crippen LogP contribution in [0.5, 0.6) is 0 Å². The maximum Gasteiger partial charge on any atom is 0.148 e. The summed E-state index contributed by atoms with van der Waals surface area (Å²) in [5.41, 5.74) is 2.53. The number of piperazine rings is 1. The van der Waals surface area contributed by atoms with Gasteiger partial charge in [0.2, 0.25) is 0 Å². The van der Waals surface area contributed by atoms with Gasteiger partial charge in [0.1, 0.15) is 5.82 Å². The van der Waals surface area contributed by atoms with Crippen LogP contribution in [-0.4, -0.2) is 61.1 Å². The van der Waals surface area contributed by atoms with E-state index in [1.807, 2.05) is 12.3 Å². The summed E-state index contributed by atoms with van der Waals surface area (Å²) in [7, 11) is 2.20. The van der Waals surface area contributed by atoms with E-state index in [2.05, 4.69) is 51.9 Å². The Morgan fingerprint density at radius 1 is 1.12 bits per heavy atom. The van der Waals surface area contributed by atoms with Gasteiger partial charge in [-0.15, -0.1) is 0 Å². The van der Waals surface area contributed by atoms with Crippen LogP contribution in [0, 0.1) is 6.92 Å². The number of anilines is 2. The molecule has 0 saturated carbocycles. The second-order valence-electron chi connectivity index (χ2n) is 7.17. The average Bonchev–Trinajstić information content (AvgIpc) is 2.63. The van der Waals surface area contributed by atoms with Gasteiger partial charge in [-0.1, -0.05) is 29.4 Å². The van der Waals surface area contributed by atoms with Crippen LogP contribution in [0.1, 0.15) is 12.0 Å². The zero-order chi connectivity index (χ0) is 18.1. The molecule has 3 heterocycles. The van der Waals surface area contributed by atoms with Crippen molar-refractivity contribution in [3.63, 3.8) is 0 Å². The smallest absolute Gasteiger partial charge is 0.148 e. The van der Waals surface area contributed by atoms with E-state index in [1.165, 1.54) is 42.3 Å². The maximum absolute atomic E-state index is 6.48. The first-order chi connectivity index (χ1) is 12.6. The van der Waals surface area contributed by atoms with Crippen molar-refractivity contribution in [3.05, 3.63) is 41.0 Å². The van der Waals surface area contributed by atoms with Crippen molar-refractivity contribution in [2.45, 2.75) is 23.1 Å². The van der Waals surface area contributed by atoms with Crippen molar-refractivity contribution in [1.29, 1.82) is 0 Å². The molecule has 2 aliphatic rings. The number of pyridine rings is 1. The summed E-state index contributed by atoms with van der Waals surface area (Å²) in [6, 6.07) is 8.54.